The molecule has 1 aliphatic carbocycles. The fraction of sp³-hybridized carbons (Fsp3) is 0.263. The summed E-state index contributed by atoms with van der Waals surface area (Å²) in [5, 5.41) is 22.7. The predicted octanol–water partition coefficient (Wildman–Crippen LogP) is 4.33. The molecule has 0 bridgehead atoms. The van der Waals surface area contributed by atoms with Gasteiger partial charge in [0, 0.05) is 11.3 Å². The molecule has 2 aliphatic rings. The minimum Gasteiger partial charge on any atom is -0.260 e. The second-order valence-corrected chi connectivity index (χ2v) is 9.24. The van der Waals surface area contributed by atoms with Gasteiger partial charge in [-0.3, -0.25) is 4.99 Å². The number of halogens is 3. The molecule has 1 spiro atoms. The third kappa shape index (κ3) is 3.79. The maximum Gasteiger partial charge on any atom is 0.416 e. The zero-order valence-electron chi connectivity index (χ0n) is 15.7. The van der Waals surface area contributed by atoms with Crippen LogP contribution in [-0.4, -0.2) is 29.3 Å². The summed E-state index contributed by atoms with van der Waals surface area (Å²) < 4.78 is 41.0. The minimum atomic E-state index is -4.48. The summed E-state index contributed by atoms with van der Waals surface area (Å²) >= 11 is 2.76. The third-order valence-electron chi connectivity index (χ3n) is 5.02. The second-order valence-electron chi connectivity index (χ2n) is 7.04. The Bertz CT molecular complexity index is 1230. The van der Waals surface area contributed by atoms with E-state index in [1.54, 1.807) is 6.33 Å². The van der Waals surface area contributed by atoms with Gasteiger partial charge in [0.15, 0.2) is 5.82 Å². The van der Waals surface area contributed by atoms with E-state index < -0.39 is 11.7 Å². The van der Waals surface area contributed by atoms with Crippen LogP contribution in [0.1, 0.15) is 35.1 Å². The maximum absolute atomic E-state index is 12.9. The van der Waals surface area contributed by atoms with Gasteiger partial charge in [-0.15, -0.1) is 10.2 Å². The predicted molar refractivity (Wildman–Crippen MR) is 109 cm³/mol. The number of nitrogens with zero attached hydrogens (tertiary/aromatic N) is 7. The van der Waals surface area contributed by atoms with E-state index in [2.05, 4.69) is 20.3 Å². The molecule has 12 heteroatoms. The fourth-order valence-electron chi connectivity index (χ4n) is 3.24. The van der Waals surface area contributed by atoms with Crippen LogP contribution in [0.25, 0.3) is 5.82 Å². The van der Waals surface area contributed by atoms with Crippen molar-refractivity contribution in [1.29, 1.82) is 5.26 Å². The molecular weight excluding hydrogens is 447 g/mol. The molecular formula is C19H12F3N7S2. The molecule has 0 amide bonds. The first kappa shape index (κ1) is 20.0. The lowest BCUT2D eigenvalue weighted by Crippen LogP contribution is -2.16. The molecule has 0 unspecified atom stereocenters. The first-order valence-electron chi connectivity index (χ1n) is 9.12. The lowest BCUT2D eigenvalue weighted by Gasteiger charge is -2.22. The topological polar surface area (TPSA) is 92.6 Å². The number of alkyl halides is 3. The molecule has 3 heterocycles. The van der Waals surface area contributed by atoms with Crippen LogP contribution in [0.5, 0.6) is 0 Å². The van der Waals surface area contributed by atoms with E-state index in [9.17, 15) is 18.4 Å². The summed E-state index contributed by atoms with van der Waals surface area (Å²) in [6.45, 7) is 0. The summed E-state index contributed by atoms with van der Waals surface area (Å²) in [5.41, 5.74) is 0.377. The number of benzene rings is 1. The van der Waals surface area contributed by atoms with Crippen LogP contribution >= 0.6 is 23.5 Å². The summed E-state index contributed by atoms with van der Waals surface area (Å²) in [6, 6.07) is 7.03. The molecule has 7 nitrogen and oxygen atoms in total. The molecule has 1 fully saturated rings. The van der Waals surface area contributed by atoms with Gasteiger partial charge in [-0.05, 0) is 48.4 Å². The monoisotopic (exact) mass is 459 g/mol. The standard InChI is InChI=1S/C19H12F3N7S2/c20-19(21,22)13-2-1-11(12(5-13)7-23)8-30-17-26-18(3-4-18)14-6-15(27-28-16(14)31-17)29-10-24-9-25-29/h1-2,5-6,9-10H,3-4,8H2. The Morgan fingerprint density at radius 2 is 2.06 bits per heavy atom. The molecule has 0 saturated heterocycles. The molecule has 1 aliphatic heterocycles. The van der Waals surface area contributed by atoms with Crippen LogP contribution in [0, 0.1) is 11.3 Å². The molecule has 1 saturated carbocycles. The van der Waals surface area contributed by atoms with Crippen LogP contribution in [0.4, 0.5) is 13.2 Å². The van der Waals surface area contributed by atoms with Crippen LogP contribution in [0.15, 0.2) is 46.9 Å². The average molecular weight is 459 g/mol. The van der Waals surface area contributed by atoms with Crippen molar-refractivity contribution < 1.29 is 13.2 Å². The number of nitriles is 1. The molecule has 31 heavy (non-hydrogen) atoms. The van der Waals surface area contributed by atoms with E-state index in [-0.39, 0.29) is 11.1 Å². The van der Waals surface area contributed by atoms with Gasteiger partial charge in [-0.25, -0.2) is 9.67 Å². The fourth-order valence-corrected chi connectivity index (χ4v) is 5.49. The zero-order chi connectivity index (χ0) is 21.6. The van der Waals surface area contributed by atoms with Crippen LogP contribution in [0.3, 0.4) is 0 Å². The van der Waals surface area contributed by atoms with Gasteiger partial charge >= 0.3 is 6.18 Å². The highest BCUT2D eigenvalue weighted by Gasteiger charge is 2.49. The Labute approximate surface area is 182 Å². The van der Waals surface area contributed by atoms with Crippen molar-refractivity contribution in [2.75, 3.05) is 0 Å². The lowest BCUT2D eigenvalue weighted by molar-refractivity contribution is -0.137. The van der Waals surface area contributed by atoms with E-state index in [1.165, 1.54) is 40.6 Å². The summed E-state index contributed by atoms with van der Waals surface area (Å²) in [7, 11) is 0. The highest BCUT2D eigenvalue weighted by atomic mass is 32.2. The Balaban J connectivity index is 1.37. The van der Waals surface area contributed by atoms with Gasteiger partial charge in [-0.2, -0.15) is 23.5 Å². The van der Waals surface area contributed by atoms with Crippen LogP contribution in [-0.2, 0) is 17.5 Å². The number of thioether (sulfide) groups is 2. The smallest absolute Gasteiger partial charge is 0.260 e. The van der Waals surface area contributed by atoms with Gasteiger partial charge < -0.3 is 0 Å². The molecule has 2 aromatic heterocycles. The summed E-state index contributed by atoms with van der Waals surface area (Å²) in [5.74, 6) is 0.904. The third-order valence-corrected chi connectivity index (χ3v) is 7.18. The molecule has 156 valence electrons. The van der Waals surface area contributed by atoms with E-state index in [0.29, 0.717) is 17.1 Å². The van der Waals surface area contributed by atoms with Gasteiger partial charge in [0.1, 0.15) is 22.1 Å². The molecule has 5 rings (SSSR count). The number of fused-ring (bicyclic) bond motifs is 2. The van der Waals surface area contributed by atoms with Crippen molar-refractivity contribution in [2.45, 2.75) is 35.3 Å². The van der Waals surface area contributed by atoms with Crippen LogP contribution < -0.4 is 0 Å². The summed E-state index contributed by atoms with van der Waals surface area (Å²) in [4.78, 5) is 8.81. The molecule has 1 aromatic carbocycles. The first-order valence-corrected chi connectivity index (χ1v) is 10.9. The average Bonchev–Trinajstić information content (AvgIpc) is 3.30. The highest BCUT2D eigenvalue weighted by molar-refractivity contribution is 8.38. The van der Waals surface area contributed by atoms with Gasteiger partial charge in [0.05, 0.1) is 22.7 Å². The Hall–Kier alpha value is -2.91. The van der Waals surface area contributed by atoms with Gasteiger partial charge in [-0.1, -0.05) is 17.8 Å². The second kappa shape index (κ2) is 7.35. The van der Waals surface area contributed by atoms with Gasteiger partial charge in [0.2, 0.25) is 0 Å². The van der Waals surface area contributed by atoms with Crippen molar-refractivity contribution in [3.05, 3.63) is 59.2 Å². The van der Waals surface area contributed by atoms with E-state index in [4.69, 9.17) is 4.99 Å². The summed E-state index contributed by atoms with van der Waals surface area (Å²) in [6.07, 6.45) is 0.264. The Kier molecular flexibility index (Phi) is 4.75. The molecule has 0 N–H and O–H groups in total. The first-order chi connectivity index (χ1) is 14.9. The molecule has 0 atom stereocenters. The largest absolute Gasteiger partial charge is 0.416 e. The minimum absolute atomic E-state index is 0.0162. The highest BCUT2D eigenvalue weighted by Crippen LogP contribution is 2.56. The van der Waals surface area contributed by atoms with Crippen molar-refractivity contribution in [3.63, 3.8) is 0 Å². The zero-order valence-corrected chi connectivity index (χ0v) is 17.3. The lowest BCUT2D eigenvalue weighted by atomic mass is 10.1. The number of aliphatic imine (C=N–C) groups is 1. The SMILES string of the molecule is N#Cc1cc(C(F)(F)F)ccc1CSC1=NC2(CC2)c2cc(-n3cncn3)nnc2S1. The van der Waals surface area contributed by atoms with Crippen molar-refractivity contribution in [2.24, 2.45) is 4.99 Å². The van der Waals surface area contributed by atoms with Gasteiger partial charge in [0.25, 0.3) is 0 Å². The number of rotatable bonds is 3. The van der Waals surface area contributed by atoms with Crippen molar-refractivity contribution in [3.8, 4) is 11.9 Å². The Morgan fingerprint density at radius 1 is 1.23 bits per heavy atom. The Morgan fingerprint density at radius 3 is 2.74 bits per heavy atom. The van der Waals surface area contributed by atoms with Crippen LogP contribution in [0.2, 0.25) is 0 Å². The number of aromatic nitrogens is 5. The number of hydrogen-bond donors (Lipinski definition) is 0. The quantitative estimate of drug-likeness (QED) is 0.575. The molecule has 0 radical (unpaired) electrons. The number of hydrogen-bond acceptors (Lipinski definition) is 8. The normalized spacial score (nSPS) is 16.5. The van der Waals surface area contributed by atoms with E-state index in [1.807, 2.05) is 12.1 Å². The van der Waals surface area contributed by atoms with E-state index >= 15 is 0 Å². The van der Waals surface area contributed by atoms with E-state index in [0.717, 1.165) is 39.9 Å². The van der Waals surface area contributed by atoms with Crippen molar-refractivity contribution >= 4 is 27.9 Å². The molecule has 3 aromatic rings. The maximum atomic E-state index is 12.9. The van der Waals surface area contributed by atoms with Crippen molar-refractivity contribution in [1.82, 2.24) is 25.0 Å².